The van der Waals surface area contributed by atoms with Gasteiger partial charge in [-0.3, -0.25) is 24.2 Å². The van der Waals surface area contributed by atoms with Crippen molar-refractivity contribution in [3.05, 3.63) is 48.5 Å². The van der Waals surface area contributed by atoms with Gasteiger partial charge < -0.3 is 15.4 Å². The van der Waals surface area contributed by atoms with Crippen LogP contribution in [0, 0.1) is 5.82 Å². The van der Waals surface area contributed by atoms with Gasteiger partial charge in [0.25, 0.3) is 0 Å². The van der Waals surface area contributed by atoms with Crippen LogP contribution in [0.15, 0.2) is 42.7 Å². The van der Waals surface area contributed by atoms with Crippen LogP contribution in [0.5, 0.6) is 0 Å². The van der Waals surface area contributed by atoms with Crippen molar-refractivity contribution in [1.29, 1.82) is 0 Å². The molecule has 11 heteroatoms. The average molecular weight is 438 g/mol. The zero-order valence-electron chi connectivity index (χ0n) is 17.0. The molecule has 2 aromatic heterocycles. The van der Waals surface area contributed by atoms with Gasteiger partial charge in [-0.1, -0.05) is 12.1 Å². The zero-order chi connectivity index (χ0) is 22.7. The molecule has 164 valence electrons. The number of nitrogens with zero attached hydrogens (tertiary/aromatic N) is 3. The minimum Gasteiger partial charge on any atom is -0.468 e. The lowest BCUT2D eigenvalue weighted by Crippen LogP contribution is -2.40. The van der Waals surface area contributed by atoms with E-state index in [9.17, 15) is 18.8 Å². The Bertz CT molecular complexity index is 1330. The van der Waals surface area contributed by atoms with Gasteiger partial charge in [-0.15, -0.1) is 0 Å². The number of benzene rings is 2. The van der Waals surface area contributed by atoms with E-state index in [1.165, 1.54) is 17.9 Å². The van der Waals surface area contributed by atoms with Crippen molar-refractivity contribution in [2.45, 2.75) is 6.54 Å². The number of aromatic nitrogens is 4. The lowest BCUT2D eigenvalue weighted by molar-refractivity contribution is -0.141. The summed E-state index contributed by atoms with van der Waals surface area (Å²) in [5.74, 6) is -1.96. The fraction of sp³-hybridized carbons (Fsp3) is 0.190. The molecule has 0 aliphatic rings. The molecule has 0 saturated carbocycles. The zero-order valence-corrected chi connectivity index (χ0v) is 17.0. The minimum atomic E-state index is -0.591. The highest BCUT2D eigenvalue weighted by Gasteiger charge is 2.15. The molecule has 0 unspecified atom stereocenters. The van der Waals surface area contributed by atoms with E-state index >= 15 is 0 Å². The van der Waals surface area contributed by atoms with E-state index in [4.69, 9.17) is 0 Å². The number of carbonyl (C=O) groups is 3. The summed E-state index contributed by atoms with van der Waals surface area (Å²) in [4.78, 5) is 35.0. The maximum atomic E-state index is 14.7. The number of hydrogen-bond donors (Lipinski definition) is 3. The maximum Gasteiger partial charge on any atom is 0.325 e. The number of hydrogen-bond acceptors (Lipinski definition) is 6. The summed E-state index contributed by atoms with van der Waals surface area (Å²) in [5.41, 5.74) is 2.36. The van der Waals surface area contributed by atoms with Crippen LogP contribution < -0.4 is 10.6 Å². The Morgan fingerprint density at radius 2 is 1.91 bits per heavy atom. The van der Waals surface area contributed by atoms with Gasteiger partial charge in [0.15, 0.2) is 0 Å². The number of methoxy groups -OCH3 is 1. The summed E-state index contributed by atoms with van der Waals surface area (Å²) < 4.78 is 20.6. The van der Waals surface area contributed by atoms with Crippen LogP contribution in [-0.4, -0.2) is 58.0 Å². The van der Waals surface area contributed by atoms with E-state index in [1.807, 2.05) is 0 Å². The highest BCUT2D eigenvalue weighted by Crippen LogP contribution is 2.32. The molecule has 2 heterocycles. The first-order chi connectivity index (χ1) is 15.5. The number of ether oxygens (including phenoxy) is 1. The Labute approximate surface area is 180 Å². The van der Waals surface area contributed by atoms with Crippen molar-refractivity contribution in [2.24, 2.45) is 0 Å². The number of amides is 2. The van der Waals surface area contributed by atoms with Crippen molar-refractivity contribution in [3.63, 3.8) is 0 Å². The number of rotatable bonds is 7. The monoisotopic (exact) mass is 438 g/mol. The normalized spacial score (nSPS) is 10.9. The molecule has 4 rings (SSSR count). The fourth-order valence-electron chi connectivity index (χ4n) is 3.31. The third-order valence-corrected chi connectivity index (χ3v) is 4.90. The van der Waals surface area contributed by atoms with Crippen LogP contribution in [-0.2, 0) is 25.7 Å². The van der Waals surface area contributed by atoms with Gasteiger partial charge in [0.1, 0.15) is 18.9 Å². The van der Waals surface area contributed by atoms with E-state index in [0.717, 1.165) is 0 Å². The first-order valence-corrected chi connectivity index (χ1v) is 9.64. The number of nitrogens with one attached hydrogen (secondary N) is 3. The van der Waals surface area contributed by atoms with Crippen LogP contribution in [0.4, 0.5) is 4.39 Å². The van der Waals surface area contributed by atoms with Crippen molar-refractivity contribution in [1.82, 2.24) is 30.6 Å². The van der Waals surface area contributed by atoms with Gasteiger partial charge in [0, 0.05) is 16.3 Å². The molecule has 2 aromatic carbocycles. The van der Waals surface area contributed by atoms with Crippen molar-refractivity contribution < 1.29 is 23.5 Å². The second-order valence-corrected chi connectivity index (χ2v) is 6.96. The SMILES string of the molecule is COC(=O)CNC(=O)CNC(=O)Cn1ncc2c(-c3cc4[nH]ncc4cc3F)cccc21. The highest BCUT2D eigenvalue weighted by atomic mass is 19.1. The van der Waals surface area contributed by atoms with Crippen LogP contribution in [0.1, 0.15) is 0 Å². The molecule has 32 heavy (non-hydrogen) atoms. The summed E-state index contributed by atoms with van der Waals surface area (Å²) >= 11 is 0. The Balaban J connectivity index is 1.49. The van der Waals surface area contributed by atoms with E-state index in [1.54, 1.807) is 36.7 Å². The lowest BCUT2D eigenvalue weighted by Gasteiger charge is -2.08. The van der Waals surface area contributed by atoms with E-state index in [-0.39, 0.29) is 19.6 Å². The molecule has 0 aliphatic heterocycles. The van der Waals surface area contributed by atoms with Crippen LogP contribution >= 0.6 is 0 Å². The lowest BCUT2D eigenvalue weighted by atomic mass is 10.0. The molecule has 0 saturated heterocycles. The van der Waals surface area contributed by atoms with Gasteiger partial charge in [0.2, 0.25) is 11.8 Å². The Morgan fingerprint density at radius 3 is 2.72 bits per heavy atom. The van der Waals surface area contributed by atoms with Crippen LogP contribution in [0.25, 0.3) is 32.9 Å². The van der Waals surface area contributed by atoms with Crippen molar-refractivity contribution in [3.8, 4) is 11.1 Å². The summed E-state index contributed by atoms with van der Waals surface area (Å²) in [6.45, 7) is -0.715. The first kappa shape index (κ1) is 21.0. The molecule has 0 aliphatic carbocycles. The summed E-state index contributed by atoms with van der Waals surface area (Å²) in [7, 11) is 1.21. The summed E-state index contributed by atoms with van der Waals surface area (Å²) in [6, 6.07) is 8.40. The standard InChI is InChI=1S/C21H19FN6O4/c1-32-21(31)10-24-19(29)9-23-20(30)11-28-18-4-2-3-13(15(18)8-26-28)14-6-17-12(5-16(14)22)7-25-27-17/h2-8H,9-11H2,1H3,(H,23,30)(H,24,29)(H,25,27). The van der Waals surface area contributed by atoms with Crippen molar-refractivity contribution >= 4 is 39.6 Å². The highest BCUT2D eigenvalue weighted by molar-refractivity contribution is 5.97. The summed E-state index contributed by atoms with van der Waals surface area (Å²) in [5, 5.41) is 17.1. The fourth-order valence-corrected chi connectivity index (χ4v) is 3.31. The minimum absolute atomic E-state index is 0.140. The molecule has 0 bridgehead atoms. The molecule has 4 aromatic rings. The first-order valence-electron chi connectivity index (χ1n) is 9.64. The molecular weight excluding hydrogens is 419 g/mol. The van der Waals surface area contributed by atoms with E-state index < -0.39 is 23.6 Å². The summed E-state index contributed by atoms with van der Waals surface area (Å²) in [6.07, 6.45) is 3.12. The van der Waals surface area contributed by atoms with Crippen LogP contribution in [0.2, 0.25) is 0 Å². The Morgan fingerprint density at radius 1 is 1.09 bits per heavy atom. The molecule has 3 N–H and O–H groups in total. The van der Waals surface area contributed by atoms with Gasteiger partial charge >= 0.3 is 5.97 Å². The molecule has 0 atom stereocenters. The average Bonchev–Trinajstić information content (AvgIpc) is 3.42. The third-order valence-electron chi connectivity index (χ3n) is 4.90. The van der Waals surface area contributed by atoms with Gasteiger partial charge in [-0.2, -0.15) is 10.2 Å². The van der Waals surface area contributed by atoms with Gasteiger partial charge in [-0.05, 0) is 23.8 Å². The smallest absolute Gasteiger partial charge is 0.325 e. The Kier molecular flexibility index (Phi) is 5.79. The number of aromatic amines is 1. The molecule has 0 spiro atoms. The van der Waals surface area contributed by atoms with Gasteiger partial charge in [-0.25, -0.2) is 4.39 Å². The van der Waals surface area contributed by atoms with E-state index in [0.29, 0.717) is 32.9 Å². The number of halogens is 1. The second kappa shape index (κ2) is 8.84. The van der Waals surface area contributed by atoms with E-state index in [2.05, 4.69) is 30.7 Å². The van der Waals surface area contributed by atoms with Gasteiger partial charge in [0.05, 0.1) is 37.1 Å². The second-order valence-electron chi connectivity index (χ2n) is 6.96. The van der Waals surface area contributed by atoms with Crippen LogP contribution in [0.3, 0.4) is 0 Å². The number of H-pyrrole nitrogens is 1. The van der Waals surface area contributed by atoms with Crippen molar-refractivity contribution in [2.75, 3.05) is 20.2 Å². The number of carbonyl (C=O) groups excluding carboxylic acids is 3. The maximum absolute atomic E-state index is 14.7. The topological polar surface area (TPSA) is 131 Å². The Hall–Kier alpha value is -4.28. The molecule has 0 fully saturated rings. The number of esters is 1. The predicted molar refractivity (Wildman–Crippen MR) is 113 cm³/mol. The largest absolute Gasteiger partial charge is 0.468 e. The molecule has 0 radical (unpaired) electrons. The number of fused-ring (bicyclic) bond motifs is 2. The third kappa shape index (κ3) is 4.26. The predicted octanol–water partition coefficient (Wildman–Crippen LogP) is 1.12. The molecular formula is C21H19FN6O4. The molecule has 10 nitrogen and oxygen atoms in total. The quantitative estimate of drug-likeness (QED) is 0.371. The molecule has 2 amide bonds.